The van der Waals surface area contributed by atoms with E-state index in [0.717, 1.165) is 12.1 Å². The number of esters is 1. The molecule has 8 nitrogen and oxygen atoms in total. The maximum absolute atomic E-state index is 13.0. The summed E-state index contributed by atoms with van der Waals surface area (Å²) >= 11 is 0. The monoisotopic (exact) mass is 584 g/mol. The SMILES string of the molecule is CCC(/C(=N/OC)c1ccc(OCc2cccc(C(F)(F)F)c2)cc1)=C(\ON)c1ccccc1/C(=C\OC)C(=O)OC. The van der Waals surface area contributed by atoms with Gasteiger partial charge in [0.15, 0.2) is 5.76 Å². The molecule has 2 N–H and O–H groups in total. The van der Waals surface area contributed by atoms with Crippen LogP contribution in [-0.4, -0.2) is 33.0 Å². The molecular weight excluding hydrogens is 553 g/mol. The van der Waals surface area contributed by atoms with Gasteiger partial charge in [-0.3, -0.25) is 0 Å². The van der Waals surface area contributed by atoms with Gasteiger partial charge in [0.05, 0.1) is 26.0 Å². The Kier molecular flexibility index (Phi) is 11.1. The number of nitrogens with two attached hydrogens (primary N) is 1. The number of alkyl halides is 3. The van der Waals surface area contributed by atoms with E-state index in [2.05, 4.69) is 5.16 Å². The smallest absolute Gasteiger partial charge is 0.416 e. The zero-order valence-corrected chi connectivity index (χ0v) is 23.5. The van der Waals surface area contributed by atoms with Crippen LogP contribution in [0, 0.1) is 0 Å². The highest BCUT2D eigenvalue weighted by Gasteiger charge is 2.30. The summed E-state index contributed by atoms with van der Waals surface area (Å²) in [6.45, 7) is 1.82. The number of carbonyl (C=O) groups is 1. The zero-order chi connectivity index (χ0) is 30.7. The summed E-state index contributed by atoms with van der Waals surface area (Å²) < 4.78 is 54.9. The molecule has 0 radical (unpaired) electrons. The second-order valence-electron chi connectivity index (χ2n) is 8.72. The predicted molar refractivity (Wildman–Crippen MR) is 152 cm³/mol. The van der Waals surface area contributed by atoms with Gasteiger partial charge in [-0.05, 0) is 48.4 Å². The maximum Gasteiger partial charge on any atom is 0.416 e. The summed E-state index contributed by atoms with van der Waals surface area (Å²) in [5.41, 5.74) is 2.29. The number of benzene rings is 3. The first-order valence-corrected chi connectivity index (χ1v) is 12.7. The van der Waals surface area contributed by atoms with E-state index < -0.39 is 17.7 Å². The van der Waals surface area contributed by atoms with Crippen molar-refractivity contribution in [2.45, 2.75) is 26.1 Å². The van der Waals surface area contributed by atoms with Crippen molar-refractivity contribution in [3.63, 3.8) is 0 Å². The molecule has 3 rings (SSSR count). The number of oxime groups is 1. The van der Waals surface area contributed by atoms with Crippen LogP contribution in [-0.2, 0) is 36.7 Å². The number of hydrogen-bond donors (Lipinski definition) is 1. The molecule has 0 atom stereocenters. The molecule has 42 heavy (non-hydrogen) atoms. The number of halogens is 3. The van der Waals surface area contributed by atoms with E-state index in [4.69, 9.17) is 29.8 Å². The fourth-order valence-electron chi connectivity index (χ4n) is 4.18. The van der Waals surface area contributed by atoms with Crippen molar-refractivity contribution >= 4 is 23.0 Å². The van der Waals surface area contributed by atoms with Gasteiger partial charge in [0.1, 0.15) is 30.8 Å². The molecule has 0 aromatic heterocycles. The van der Waals surface area contributed by atoms with Crippen LogP contribution in [0.1, 0.15) is 41.2 Å². The van der Waals surface area contributed by atoms with Crippen LogP contribution in [0.15, 0.2) is 89.8 Å². The fourth-order valence-corrected chi connectivity index (χ4v) is 4.18. The van der Waals surface area contributed by atoms with Gasteiger partial charge in [0, 0.05) is 22.3 Å². The molecule has 3 aromatic carbocycles. The number of carbonyl (C=O) groups excluding carboxylic acids is 1. The number of hydrogen-bond acceptors (Lipinski definition) is 8. The Labute approximate surface area is 241 Å². The van der Waals surface area contributed by atoms with Crippen molar-refractivity contribution < 1.29 is 41.9 Å². The van der Waals surface area contributed by atoms with Crippen molar-refractivity contribution in [2.75, 3.05) is 21.3 Å². The van der Waals surface area contributed by atoms with Crippen molar-refractivity contribution in [1.82, 2.24) is 0 Å². The van der Waals surface area contributed by atoms with Crippen LogP contribution in [0.3, 0.4) is 0 Å². The molecule has 3 aromatic rings. The highest BCUT2D eigenvalue weighted by molar-refractivity contribution is 6.19. The standard InChI is InChI=1S/C31H31F3N2O6/c1-5-24(29(42-35)26-12-7-6-11-25(26)27(19-38-2)30(37)39-3)28(36-40-4)21-13-15-23(16-14-21)41-18-20-9-8-10-22(17-20)31(32,33)34/h6-17,19H,5,18,35H2,1-4H3/b27-19+,29-24+,36-28+. The molecule has 0 fully saturated rings. The Bertz CT molecular complexity index is 1460. The topological polar surface area (TPSA) is 102 Å². The molecule has 0 aliphatic rings. The first kappa shape index (κ1) is 31.8. The number of allylic oxidation sites excluding steroid dienone is 1. The third-order valence-corrected chi connectivity index (χ3v) is 6.10. The van der Waals surface area contributed by atoms with Gasteiger partial charge in [0.2, 0.25) is 0 Å². The third kappa shape index (κ3) is 7.70. The Hall–Kier alpha value is -4.77. The molecule has 0 unspecified atom stereocenters. The van der Waals surface area contributed by atoms with Crippen molar-refractivity contribution in [3.8, 4) is 5.75 Å². The molecule has 0 heterocycles. The Morgan fingerprint density at radius 1 is 0.952 bits per heavy atom. The molecule has 0 saturated heterocycles. The minimum Gasteiger partial charge on any atom is -0.503 e. The molecule has 0 saturated carbocycles. The largest absolute Gasteiger partial charge is 0.503 e. The average molecular weight is 585 g/mol. The molecule has 0 amide bonds. The predicted octanol–water partition coefficient (Wildman–Crippen LogP) is 6.51. The lowest BCUT2D eigenvalue weighted by Crippen LogP contribution is -2.14. The average Bonchev–Trinajstić information content (AvgIpc) is 3.00. The van der Waals surface area contributed by atoms with Gasteiger partial charge in [-0.25, -0.2) is 4.79 Å². The summed E-state index contributed by atoms with van der Waals surface area (Å²) in [5.74, 6) is 5.84. The van der Waals surface area contributed by atoms with Gasteiger partial charge in [-0.1, -0.05) is 48.5 Å². The van der Waals surface area contributed by atoms with Gasteiger partial charge in [0.25, 0.3) is 0 Å². The highest BCUT2D eigenvalue weighted by Crippen LogP contribution is 2.32. The Morgan fingerprint density at radius 3 is 2.21 bits per heavy atom. The number of ether oxygens (including phenoxy) is 3. The second kappa shape index (κ2) is 14.7. The Balaban J connectivity index is 1.99. The lowest BCUT2D eigenvalue weighted by Gasteiger charge is -2.18. The van der Waals surface area contributed by atoms with Crippen LogP contribution in [0.5, 0.6) is 5.75 Å². The molecule has 0 spiro atoms. The first-order valence-electron chi connectivity index (χ1n) is 12.7. The maximum atomic E-state index is 13.0. The van der Waals surface area contributed by atoms with Gasteiger partial charge < -0.3 is 23.9 Å². The van der Waals surface area contributed by atoms with Crippen molar-refractivity contribution in [2.24, 2.45) is 11.1 Å². The number of nitrogens with zero attached hydrogens (tertiary/aromatic N) is 1. The van der Waals surface area contributed by atoms with E-state index in [0.29, 0.717) is 45.7 Å². The van der Waals surface area contributed by atoms with E-state index in [1.807, 2.05) is 6.92 Å². The molecule has 0 bridgehead atoms. The number of rotatable bonds is 12. The summed E-state index contributed by atoms with van der Waals surface area (Å²) in [4.78, 5) is 23.1. The summed E-state index contributed by atoms with van der Waals surface area (Å²) in [5, 5.41) is 4.22. The minimum absolute atomic E-state index is 0.0537. The summed E-state index contributed by atoms with van der Waals surface area (Å²) in [6.07, 6.45) is -2.77. The van der Waals surface area contributed by atoms with Crippen LogP contribution < -0.4 is 10.6 Å². The second-order valence-corrected chi connectivity index (χ2v) is 8.72. The molecule has 0 aliphatic carbocycles. The first-order chi connectivity index (χ1) is 20.2. The van der Waals surface area contributed by atoms with Gasteiger partial charge in [-0.15, -0.1) is 0 Å². The summed E-state index contributed by atoms with van der Waals surface area (Å²) in [7, 11) is 4.07. The van der Waals surface area contributed by atoms with E-state index in [-0.39, 0.29) is 17.9 Å². The van der Waals surface area contributed by atoms with E-state index >= 15 is 0 Å². The fraction of sp³-hybridized carbons (Fsp3) is 0.226. The Morgan fingerprint density at radius 2 is 1.64 bits per heavy atom. The van der Waals surface area contributed by atoms with Crippen LogP contribution in [0.25, 0.3) is 11.3 Å². The van der Waals surface area contributed by atoms with E-state index in [1.165, 1.54) is 33.7 Å². The number of methoxy groups -OCH3 is 2. The van der Waals surface area contributed by atoms with Crippen LogP contribution in [0.4, 0.5) is 13.2 Å². The van der Waals surface area contributed by atoms with E-state index in [9.17, 15) is 18.0 Å². The lowest BCUT2D eigenvalue weighted by molar-refractivity contribution is -0.137. The summed E-state index contributed by atoms with van der Waals surface area (Å²) in [6, 6.07) is 18.7. The quantitative estimate of drug-likeness (QED) is 0.0852. The normalized spacial score (nSPS) is 12.8. The van der Waals surface area contributed by atoms with Crippen molar-refractivity contribution in [3.05, 3.63) is 112 Å². The molecule has 222 valence electrons. The van der Waals surface area contributed by atoms with Gasteiger partial charge in [-0.2, -0.15) is 19.1 Å². The van der Waals surface area contributed by atoms with Gasteiger partial charge >= 0.3 is 12.1 Å². The highest BCUT2D eigenvalue weighted by atomic mass is 19.4. The molecule has 11 heteroatoms. The third-order valence-electron chi connectivity index (χ3n) is 6.10. The van der Waals surface area contributed by atoms with E-state index in [1.54, 1.807) is 54.6 Å². The van der Waals surface area contributed by atoms with Crippen LogP contribution >= 0.6 is 0 Å². The molecular formula is C31H31F3N2O6. The minimum atomic E-state index is -4.44. The van der Waals surface area contributed by atoms with Crippen molar-refractivity contribution in [1.29, 1.82) is 0 Å². The molecule has 0 aliphatic heterocycles. The lowest BCUT2D eigenvalue weighted by atomic mass is 9.92. The van der Waals surface area contributed by atoms with Crippen LogP contribution in [0.2, 0.25) is 0 Å². The zero-order valence-electron chi connectivity index (χ0n) is 23.5.